The van der Waals surface area contributed by atoms with Crippen LogP contribution in [0.3, 0.4) is 0 Å². The molecule has 2 amide bonds. The molecule has 1 aliphatic rings. The normalized spacial score (nSPS) is 17.3. The molecule has 0 spiro atoms. The summed E-state index contributed by atoms with van der Waals surface area (Å²) < 4.78 is 5.71. The molecule has 1 saturated heterocycles. The van der Waals surface area contributed by atoms with Gasteiger partial charge in [-0.3, -0.25) is 9.59 Å². The van der Waals surface area contributed by atoms with Gasteiger partial charge in [-0.25, -0.2) is 4.98 Å². The monoisotopic (exact) mass is 395 g/mol. The van der Waals surface area contributed by atoms with Crippen molar-refractivity contribution in [1.29, 1.82) is 0 Å². The van der Waals surface area contributed by atoms with Crippen molar-refractivity contribution < 1.29 is 14.0 Å². The van der Waals surface area contributed by atoms with E-state index in [0.29, 0.717) is 53.2 Å². The predicted molar refractivity (Wildman–Crippen MR) is 99.1 cm³/mol. The van der Waals surface area contributed by atoms with E-state index in [1.165, 1.54) is 0 Å². The van der Waals surface area contributed by atoms with Crippen molar-refractivity contribution in [2.24, 2.45) is 0 Å². The van der Waals surface area contributed by atoms with Crippen molar-refractivity contribution in [3.63, 3.8) is 0 Å². The topological polar surface area (TPSA) is 75.4 Å². The van der Waals surface area contributed by atoms with E-state index in [1.54, 1.807) is 29.3 Å². The molecule has 2 heterocycles. The van der Waals surface area contributed by atoms with Crippen LogP contribution in [-0.4, -0.2) is 40.8 Å². The van der Waals surface area contributed by atoms with Gasteiger partial charge in [-0.1, -0.05) is 30.1 Å². The van der Waals surface area contributed by atoms with Crippen LogP contribution >= 0.6 is 23.2 Å². The molecular weight excluding hydrogens is 377 g/mol. The summed E-state index contributed by atoms with van der Waals surface area (Å²) in [5, 5.41) is 3.80. The molecule has 1 N–H and O–H groups in total. The molecule has 1 aromatic heterocycles. The molecule has 0 saturated carbocycles. The summed E-state index contributed by atoms with van der Waals surface area (Å²) in [4.78, 5) is 30.2. The Morgan fingerprint density at radius 1 is 1.42 bits per heavy atom. The van der Waals surface area contributed by atoms with Gasteiger partial charge < -0.3 is 14.6 Å². The highest BCUT2D eigenvalue weighted by Crippen LogP contribution is 2.30. The molecule has 8 heteroatoms. The average molecular weight is 396 g/mol. The minimum Gasteiger partial charge on any atom is -0.441 e. The number of piperazine rings is 1. The van der Waals surface area contributed by atoms with Crippen molar-refractivity contribution >= 4 is 35.0 Å². The third-order valence-corrected chi connectivity index (χ3v) is 4.89. The van der Waals surface area contributed by atoms with Crippen LogP contribution in [0.1, 0.15) is 25.7 Å². The third kappa shape index (κ3) is 4.02. The number of benzene rings is 1. The Balaban J connectivity index is 1.64. The summed E-state index contributed by atoms with van der Waals surface area (Å²) in [7, 11) is 0. The van der Waals surface area contributed by atoms with Crippen LogP contribution in [-0.2, 0) is 16.0 Å². The summed E-state index contributed by atoms with van der Waals surface area (Å²) in [6, 6.07) is 4.72. The summed E-state index contributed by atoms with van der Waals surface area (Å²) in [5.74, 6) is 0.811. The van der Waals surface area contributed by atoms with Gasteiger partial charge in [-0.2, -0.15) is 0 Å². The van der Waals surface area contributed by atoms with E-state index in [4.69, 9.17) is 27.6 Å². The summed E-state index contributed by atoms with van der Waals surface area (Å²) in [6.45, 7) is 2.91. The fourth-order valence-electron chi connectivity index (χ4n) is 3.02. The molecule has 2 aromatic rings. The van der Waals surface area contributed by atoms with E-state index >= 15 is 0 Å². The first-order chi connectivity index (χ1) is 12.5. The average Bonchev–Trinajstić information content (AvgIpc) is 3.08. The number of amides is 2. The number of aryl methyl sites for hydroxylation is 1. The van der Waals surface area contributed by atoms with E-state index in [-0.39, 0.29) is 18.2 Å². The van der Waals surface area contributed by atoms with Crippen LogP contribution < -0.4 is 5.32 Å². The number of hydrogen-bond donors (Lipinski definition) is 1. The molecular formula is C18H19Cl2N3O3. The smallest absolute Gasteiger partial charge is 0.242 e. The minimum atomic E-state index is -0.399. The predicted octanol–water partition coefficient (Wildman–Crippen LogP) is 3.32. The molecule has 138 valence electrons. The quantitative estimate of drug-likeness (QED) is 0.842. The molecule has 0 bridgehead atoms. The number of halogens is 2. The van der Waals surface area contributed by atoms with Crippen LogP contribution in [0.5, 0.6) is 0 Å². The zero-order valence-corrected chi connectivity index (χ0v) is 15.8. The zero-order chi connectivity index (χ0) is 18.7. The largest absolute Gasteiger partial charge is 0.441 e. The van der Waals surface area contributed by atoms with E-state index in [1.807, 2.05) is 6.92 Å². The number of rotatable bonds is 5. The standard InChI is InChI=1S/C18H19Cl2N3O3/c1-2-14-18(25)21-7-8-23(14)17(24)6-5-16-22-10-15(26-16)12-4-3-11(19)9-13(12)20/h3-4,9-10,14H,2,5-8H2,1H3,(H,21,25). The number of hydrogen-bond acceptors (Lipinski definition) is 4. The van der Waals surface area contributed by atoms with E-state index in [2.05, 4.69) is 10.3 Å². The first kappa shape index (κ1) is 18.7. The summed E-state index contributed by atoms with van der Waals surface area (Å²) in [6.07, 6.45) is 2.77. The van der Waals surface area contributed by atoms with Gasteiger partial charge in [0.1, 0.15) is 6.04 Å². The second-order valence-electron chi connectivity index (χ2n) is 6.04. The fraction of sp³-hybridized carbons (Fsp3) is 0.389. The number of oxazole rings is 1. The summed E-state index contributed by atoms with van der Waals surface area (Å²) >= 11 is 12.1. The highest BCUT2D eigenvalue weighted by molar-refractivity contribution is 6.36. The molecule has 0 radical (unpaired) electrons. The second kappa shape index (κ2) is 8.10. The Labute approximate surface area is 161 Å². The minimum absolute atomic E-state index is 0.0732. The van der Waals surface area contributed by atoms with Gasteiger partial charge in [-0.15, -0.1) is 0 Å². The Hall–Kier alpha value is -2.05. The SMILES string of the molecule is CCC1C(=O)NCCN1C(=O)CCc1ncc(-c2ccc(Cl)cc2Cl)o1. The number of aromatic nitrogens is 1. The lowest BCUT2D eigenvalue weighted by atomic mass is 10.1. The molecule has 26 heavy (non-hydrogen) atoms. The van der Waals surface area contributed by atoms with Gasteiger partial charge in [-0.05, 0) is 24.6 Å². The molecule has 1 aromatic carbocycles. The maximum Gasteiger partial charge on any atom is 0.242 e. The van der Waals surface area contributed by atoms with Crippen LogP contribution in [0.4, 0.5) is 0 Å². The van der Waals surface area contributed by atoms with Crippen LogP contribution in [0.15, 0.2) is 28.8 Å². The Morgan fingerprint density at radius 3 is 2.96 bits per heavy atom. The van der Waals surface area contributed by atoms with Gasteiger partial charge in [0.2, 0.25) is 11.8 Å². The van der Waals surface area contributed by atoms with Crippen molar-refractivity contribution in [1.82, 2.24) is 15.2 Å². The van der Waals surface area contributed by atoms with Crippen molar-refractivity contribution in [2.45, 2.75) is 32.2 Å². The van der Waals surface area contributed by atoms with Crippen LogP contribution in [0, 0.1) is 0 Å². The molecule has 1 unspecified atom stereocenters. The molecule has 1 aliphatic heterocycles. The highest BCUT2D eigenvalue weighted by atomic mass is 35.5. The number of carbonyl (C=O) groups is 2. The van der Waals surface area contributed by atoms with Gasteiger partial charge in [0, 0.05) is 36.5 Å². The Morgan fingerprint density at radius 2 is 2.23 bits per heavy atom. The second-order valence-corrected chi connectivity index (χ2v) is 6.89. The fourth-order valence-corrected chi connectivity index (χ4v) is 3.52. The Bertz CT molecular complexity index is 822. The Kier molecular flexibility index (Phi) is 5.84. The highest BCUT2D eigenvalue weighted by Gasteiger charge is 2.31. The van der Waals surface area contributed by atoms with Crippen LogP contribution in [0.25, 0.3) is 11.3 Å². The van der Waals surface area contributed by atoms with Gasteiger partial charge in [0.05, 0.1) is 11.2 Å². The first-order valence-electron chi connectivity index (χ1n) is 8.47. The first-order valence-corrected chi connectivity index (χ1v) is 9.22. The van der Waals surface area contributed by atoms with Gasteiger partial charge in [0.15, 0.2) is 11.7 Å². The lowest BCUT2D eigenvalue weighted by Crippen LogP contribution is -2.56. The lowest BCUT2D eigenvalue weighted by Gasteiger charge is -2.34. The van der Waals surface area contributed by atoms with Crippen molar-refractivity contribution in [2.75, 3.05) is 13.1 Å². The maximum atomic E-state index is 12.5. The van der Waals surface area contributed by atoms with Crippen molar-refractivity contribution in [3.05, 3.63) is 40.3 Å². The number of nitrogens with zero attached hydrogens (tertiary/aromatic N) is 2. The van der Waals surface area contributed by atoms with Crippen LogP contribution in [0.2, 0.25) is 10.0 Å². The van der Waals surface area contributed by atoms with E-state index in [9.17, 15) is 9.59 Å². The molecule has 1 atom stereocenters. The van der Waals surface area contributed by atoms with Crippen molar-refractivity contribution in [3.8, 4) is 11.3 Å². The molecule has 0 aliphatic carbocycles. The van der Waals surface area contributed by atoms with E-state index in [0.717, 1.165) is 0 Å². The maximum absolute atomic E-state index is 12.5. The number of carbonyl (C=O) groups excluding carboxylic acids is 2. The van der Waals surface area contributed by atoms with Gasteiger partial charge >= 0.3 is 0 Å². The third-order valence-electron chi connectivity index (χ3n) is 4.34. The number of nitrogens with one attached hydrogen (secondary N) is 1. The zero-order valence-electron chi connectivity index (χ0n) is 14.3. The molecule has 6 nitrogen and oxygen atoms in total. The molecule has 1 fully saturated rings. The van der Waals surface area contributed by atoms with Gasteiger partial charge in [0.25, 0.3) is 0 Å². The molecule has 3 rings (SSSR count). The summed E-state index contributed by atoms with van der Waals surface area (Å²) in [5.41, 5.74) is 0.694. The lowest BCUT2D eigenvalue weighted by molar-refractivity contribution is -0.143. The van der Waals surface area contributed by atoms with E-state index < -0.39 is 6.04 Å².